The van der Waals surface area contributed by atoms with Crippen LogP contribution in [-0.2, 0) is 19.4 Å². The van der Waals surface area contributed by atoms with E-state index in [9.17, 15) is 0 Å². The quantitative estimate of drug-likeness (QED) is 0.925. The Labute approximate surface area is 118 Å². The van der Waals surface area contributed by atoms with Gasteiger partial charge in [-0.1, -0.05) is 11.6 Å². The lowest BCUT2D eigenvalue weighted by Crippen LogP contribution is -2.14. The van der Waals surface area contributed by atoms with Gasteiger partial charge in [0.25, 0.3) is 0 Å². The molecule has 1 N–H and O–H groups in total. The highest BCUT2D eigenvalue weighted by molar-refractivity contribution is 6.30. The molecule has 0 amide bonds. The van der Waals surface area contributed by atoms with Gasteiger partial charge >= 0.3 is 0 Å². The molecule has 2 aromatic rings. The SMILES string of the molecule is Clc1ccc(NCCn2cnc3c2CCCC3)cc1. The van der Waals surface area contributed by atoms with E-state index in [4.69, 9.17) is 11.6 Å². The first-order chi connectivity index (χ1) is 9.33. The van der Waals surface area contributed by atoms with Crippen LogP contribution in [0.3, 0.4) is 0 Å². The van der Waals surface area contributed by atoms with Crippen LogP contribution in [0.25, 0.3) is 0 Å². The molecule has 3 nitrogen and oxygen atoms in total. The van der Waals surface area contributed by atoms with Crippen molar-refractivity contribution in [3.63, 3.8) is 0 Å². The Bertz CT molecular complexity index is 545. The van der Waals surface area contributed by atoms with Crippen LogP contribution in [0.15, 0.2) is 30.6 Å². The average Bonchev–Trinajstić information content (AvgIpc) is 2.85. The number of aryl methyl sites for hydroxylation is 1. The summed E-state index contributed by atoms with van der Waals surface area (Å²) >= 11 is 5.87. The highest BCUT2D eigenvalue weighted by Gasteiger charge is 2.14. The maximum atomic E-state index is 5.87. The third-order valence-corrected chi connectivity index (χ3v) is 3.89. The van der Waals surface area contributed by atoms with Gasteiger partial charge in [0, 0.05) is 29.5 Å². The van der Waals surface area contributed by atoms with E-state index in [2.05, 4.69) is 14.9 Å². The number of rotatable bonds is 4. The van der Waals surface area contributed by atoms with Crippen molar-refractivity contribution in [1.29, 1.82) is 0 Å². The van der Waals surface area contributed by atoms with Crippen molar-refractivity contribution < 1.29 is 0 Å². The van der Waals surface area contributed by atoms with Crippen LogP contribution in [-0.4, -0.2) is 16.1 Å². The molecule has 4 heteroatoms. The summed E-state index contributed by atoms with van der Waals surface area (Å²) in [5.74, 6) is 0. The van der Waals surface area contributed by atoms with E-state index in [0.717, 1.165) is 30.2 Å². The Morgan fingerprint density at radius 3 is 2.79 bits per heavy atom. The largest absolute Gasteiger partial charge is 0.383 e. The van der Waals surface area contributed by atoms with Gasteiger partial charge in [0.2, 0.25) is 0 Å². The van der Waals surface area contributed by atoms with E-state index >= 15 is 0 Å². The number of fused-ring (bicyclic) bond motifs is 1. The Hall–Kier alpha value is -1.48. The Morgan fingerprint density at radius 2 is 1.95 bits per heavy atom. The number of aromatic nitrogens is 2. The predicted octanol–water partition coefficient (Wildman–Crippen LogP) is 3.53. The van der Waals surface area contributed by atoms with Crippen LogP contribution in [0.2, 0.25) is 5.02 Å². The summed E-state index contributed by atoms with van der Waals surface area (Å²) in [6.07, 6.45) is 6.89. The number of nitrogens with zero attached hydrogens (tertiary/aromatic N) is 2. The van der Waals surface area contributed by atoms with Gasteiger partial charge in [-0.3, -0.25) is 0 Å². The maximum Gasteiger partial charge on any atom is 0.0952 e. The van der Waals surface area contributed by atoms with Crippen LogP contribution < -0.4 is 5.32 Å². The van der Waals surface area contributed by atoms with Crippen molar-refractivity contribution in [3.05, 3.63) is 47.0 Å². The third-order valence-electron chi connectivity index (χ3n) is 3.64. The zero-order valence-electron chi connectivity index (χ0n) is 10.9. The number of halogens is 1. The first kappa shape index (κ1) is 12.5. The molecular weight excluding hydrogens is 258 g/mol. The first-order valence-corrected chi connectivity index (χ1v) is 7.23. The van der Waals surface area contributed by atoms with Crippen LogP contribution in [0.1, 0.15) is 24.2 Å². The van der Waals surface area contributed by atoms with Crippen molar-refractivity contribution in [2.24, 2.45) is 0 Å². The predicted molar refractivity (Wildman–Crippen MR) is 78.8 cm³/mol. The van der Waals surface area contributed by atoms with E-state index in [1.54, 1.807) is 0 Å². The zero-order chi connectivity index (χ0) is 13.1. The second-order valence-electron chi connectivity index (χ2n) is 4.97. The van der Waals surface area contributed by atoms with Gasteiger partial charge in [0.1, 0.15) is 0 Å². The van der Waals surface area contributed by atoms with Crippen molar-refractivity contribution in [2.75, 3.05) is 11.9 Å². The maximum absolute atomic E-state index is 5.87. The van der Waals surface area contributed by atoms with E-state index in [1.807, 2.05) is 30.6 Å². The zero-order valence-corrected chi connectivity index (χ0v) is 11.7. The highest BCUT2D eigenvalue weighted by Crippen LogP contribution is 2.19. The number of hydrogen-bond donors (Lipinski definition) is 1. The van der Waals surface area contributed by atoms with Gasteiger partial charge in [-0.2, -0.15) is 0 Å². The van der Waals surface area contributed by atoms with E-state index in [0.29, 0.717) is 0 Å². The monoisotopic (exact) mass is 275 g/mol. The number of benzene rings is 1. The molecule has 100 valence electrons. The molecule has 0 atom stereocenters. The number of anilines is 1. The molecule has 0 spiro atoms. The summed E-state index contributed by atoms with van der Waals surface area (Å²) in [4.78, 5) is 4.51. The fourth-order valence-corrected chi connectivity index (χ4v) is 2.74. The Balaban J connectivity index is 1.57. The van der Waals surface area contributed by atoms with E-state index in [-0.39, 0.29) is 0 Å². The highest BCUT2D eigenvalue weighted by atomic mass is 35.5. The fraction of sp³-hybridized carbons (Fsp3) is 0.400. The van der Waals surface area contributed by atoms with Gasteiger partial charge in [-0.15, -0.1) is 0 Å². The molecule has 0 radical (unpaired) electrons. The van der Waals surface area contributed by atoms with Gasteiger partial charge in [-0.05, 0) is 49.9 Å². The number of nitrogens with one attached hydrogen (secondary N) is 1. The Kier molecular flexibility index (Phi) is 3.74. The molecule has 0 saturated heterocycles. The first-order valence-electron chi connectivity index (χ1n) is 6.85. The summed E-state index contributed by atoms with van der Waals surface area (Å²) in [7, 11) is 0. The van der Waals surface area contributed by atoms with E-state index in [1.165, 1.54) is 30.7 Å². The molecular formula is C15H18ClN3. The molecule has 0 aliphatic heterocycles. The minimum atomic E-state index is 0.772. The van der Waals surface area contributed by atoms with E-state index < -0.39 is 0 Å². The average molecular weight is 276 g/mol. The second kappa shape index (κ2) is 5.66. The lowest BCUT2D eigenvalue weighted by Gasteiger charge is -2.14. The molecule has 19 heavy (non-hydrogen) atoms. The molecule has 1 aromatic heterocycles. The minimum Gasteiger partial charge on any atom is -0.383 e. The van der Waals surface area contributed by atoms with Crippen LogP contribution in [0.5, 0.6) is 0 Å². The number of hydrogen-bond acceptors (Lipinski definition) is 2. The summed E-state index contributed by atoms with van der Waals surface area (Å²) in [5.41, 5.74) is 3.85. The lowest BCUT2D eigenvalue weighted by molar-refractivity contribution is 0.613. The molecule has 1 aromatic carbocycles. The summed E-state index contributed by atoms with van der Waals surface area (Å²) < 4.78 is 2.29. The topological polar surface area (TPSA) is 29.9 Å². The molecule has 0 fully saturated rings. The summed E-state index contributed by atoms with van der Waals surface area (Å²) in [6, 6.07) is 7.82. The van der Waals surface area contributed by atoms with Crippen molar-refractivity contribution >= 4 is 17.3 Å². The van der Waals surface area contributed by atoms with Crippen LogP contribution in [0.4, 0.5) is 5.69 Å². The summed E-state index contributed by atoms with van der Waals surface area (Å²) in [6.45, 7) is 1.87. The van der Waals surface area contributed by atoms with Gasteiger partial charge < -0.3 is 9.88 Å². The molecule has 0 bridgehead atoms. The smallest absolute Gasteiger partial charge is 0.0952 e. The van der Waals surface area contributed by atoms with Crippen molar-refractivity contribution in [2.45, 2.75) is 32.2 Å². The number of imidazole rings is 1. The third kappa shape index (κ3) is 2.92. The minimum absolute atomic E-state index is 0.772. The molecule has 1 heterocycles. The normalized spacial score (nSPS) is 14.2. The standard InChI is InChI=1S/C15H18ClN3/c16-12-5-7-13(8-6-12)17-9-10-19-11-18-14-3-1-2-4-15(14)19/h5-8,11,17H,1-4,9-10H2. The summed E-state index contributed by atoms with van der Waals surface area (Å²) in [5, 5.41) is 4.18. The second-order valence-corrected chi connectivity index (χ2v) is 5.41. The van der Waals surface area contributed by atoms with Crippen LogP contribution in [0, 0.1) is 0 Å². The van der Waals surface area contributed by atoms with Gasteiger partial charge in [0.15, 0.2) is 0 Å². The molecule has 1 aliphatic carbocycles. The van der Waals surface area contributed by atoms with Crippen molar-refractivity contribution in [3.8, 4) is 0 Å². The van der Waals surface area contributed by atoms with Gasteiger partial charge in [-0.25, -0.2) is 4.98 Å². The lowest BCUT2D eigenvalue weighted by atomic mass is 10.0. The molecule has 1 aliphatic rings. The fourth-order valence-electron chi connectivity index (χ4n) is 2.61. The van der Waals surface area contributed by atoms with Crippen LogP contribution >= 0.6 is 11.6 Å². The molecule has 0 saturated carbocycles. The Morgan fingerprint density at radius 1 is 1.16 bits per heavy atom. The molecule has 0 unspecified atom stereocenters. The van der Waals surface area contributed by atoms with Gasteiger partial charge in [0.05, 0.1) is 12.0 Å². The molecule has 3 rings (SSSR count). The van der Waals surface area contributed by atoms with Crippen molar-refractivity contribution in [1.82, 2.24) is 9.55 Å².